The molecule has 0 radical (unpaired) electrons. The molecule has 7 nitrogen and oxygen atoms in total. The van der Waals surface area contributed by atoms with Gasteiger partial charge in [0.15, 0.2) is 0 Å². The van der Waals surface area contributed by atoms with E-state index in [1.807, 2.05) is 0 Å². The Morgan fingerprint density at radius 2 is 2.20 bits per heavy atom. The fourth-order valence-electron chi connectivity index (χ4n) is 2.45. The highest BCUT2D eigenvalue weighted by Gasteiger charge is 2.35. The molecule has 1 heterocycles. The summed E-state index contributed by atoms with van der Waals surface area (Å²) in [7, 11) is 0. The molecule has 0 aromatic rings. The second-order valence-corrected chi connectivity index (χ2v) is 5.62. The van der Waals surface area contributed by atoms with E-state index in [9.17, 15) is 19.6 Å². The van der Waals surface area contributed by atoms with Crippen LogP contribution in [0.25, 0.3) is 0 Å². The number of likely N-dealkylation sites (tertiary alicyclic amines) is 1. The molecule has 0 aliphatic carbocycles. The van der Waals surface area contributed by atoms with Crippen LogP contribution in [0.2, 0.25) is 0 Å². The Kier molecular flexibility index (Phi) is 7.53. The van der Waals surface area contributed by atoms with E-state index >= 15 is 0 Å². The highest BCUT2D eigenvalue weighted by Crippen LogP contribution is 2.23. The minimum Gasteiger partial charge on any atom is -0.480 e. The Bertz CT molecular complexity index is 354. The fraction of sp³-hybridized carbons (Fsp3) is 0.833. The Hall–Kier alpha value is -1.15. The van der Waals surface area contributed by atoms with Gasteiger partial charge in [-0.25, -0.2) is 4.79 Å². The van der Waals surface area contributed by atoms with E-state index in [0.29, 0.717) is 32.4 Å². The summed E-state index contributed by atoms with van der Waals surface area (Å²) >= 11 is 0.802. The molecule has 0 saturated carbocycles. The lowest BCUT2D eigenvalue weighted by molar-refractivity contribution is -0.153. The topological polar surface area (TPSA) is 113 Å². The van der Waals surface area contributed by atoms with Crippen molar-refractivity contribution in [2.24, 2.45) is 16.2 Å². The molecular formula is C12H21N3O4S. The summed E-state index contributed by atoms with van der Waals surface area (Å²) in [6.45, 7) is 0.930. The molecule has 0 bridgehead atoms. The maximum atomic E-state index is 12.5. The van der Waals surface area contributed by atoms with Crippen molar-refractivity contribution in [2.45, 2.75) is 38.1 Å². The molecule has 114 valence electrons. The second kappa shape index (κ2) is 8.91. The number of carboxylic acid groups (broad SMARTS) is 1. The van der Waals surface area contributed by atoms with Gasteiger partial charge in [0, 0.05) is 34.7 Å². The highest BCUT2D eigenvalue weighted by molar-refractivity contribution is 7.97. The number of amides is 1. The first-order chi connectivity index (χ1) is 9.61. The van der Waals surface area contributed by atoms with Crippen molar-refractivity contribution in [1.29, 1.82) is 0 Å². The van der Waals surface area contributed by atoms with Crippen LogP contribution in [0.5, 0.6) is 0 Å². The van der Waals surface area contributed by atoms with Crippen molar-refractivity contribution < 1.29 is 14.7 Å². The van der Waals surface area contributed by atoms with E-state index < -0.39 is 12.0 Å². The number of carbonyl (C=O) groups is 2. The van der Waals surface area contributed by atoms with Gasteiger partial charge in [-0.1, -0.05) is 0 Å². The van der Waals surface area contributed by atoms with Crippen LogP contribution in [0.3, 0.4) is 0 Å². The largest absolute Gasteiger partial charge is 0.480 e. The second-order valence-electron chi connectivity index (χ2n) is 4.88. The molecule has 20 heavy (non-hydrogen) atoms. The van der Waals surface area contributed by atoms with Gasteiger partial charge in [-0.3, -0.25) is 4.79 Å². The third-order valence-corrected chi connectivity index (χ3v) is 4.16. The molecular weight excluding hydrogens is 282 g/mol. The predicted octanol–water partition coefficient (Wildman–Crippen LogP) is 1.22. The lowest BCUT2D eigenvalue weighted by Gasteiger charge is -2.35. The molecule has 3 N–H and O–H groups in total. The molecule has 2 unspecified atom stereocenters. The third-order valence-electron chi connectivity index (χ3n) is 3.51. The number of nitroso groups, excluding NO2 is 1. The van der Waals surface area contributed by atoms with Crippen molar-refractivity contribution in [3.63, 3.8) is 0 Å². The number of rotatable bonds is 8. The SMILES string of the molecule is NCCCC(CSN=O)C(=O)N1CCCCC1C(=O)O. The summed E-state index contributed by atoms with van der Waals surface area (Å²) < 4.78 is 2.71. The molecule has 1 fully saturated rings. The van der Waals surface area contributed by atoms with Crippen molar-refractivity contribution in [1.82, 2.24) is 4.90 Å². The molecule has 1 rings (SSSR count). The first kappa shape index (κ1) is 16.9. The van der Waals surface area contributed by atoms with Crippen LogP contribution in [-0.4, -0.2) is 46.8 Å². The molecule has 2 atom stereocenters. The average Bonchev–Trinajstić information content (AvgIpc) is 2.46. The zero-order chi connectivity index (χ0) is 15.0. The van der Waals surface area contributed by atoms with Crippen molar-refractivity contribution in [3.05, 3.63) is 4.91 Å². The molecule has 1 aliphatic heterocycles. The normalized spacial score (nSPS) is 20.4. The first-order valence-corrected chi connectivity index (χ1v) is 7.74. The maximum absolute atomic E-state index is 12.5. The van der Waals surface area contributed by atoms with Crippen molar-refractivity contribution >= 4 is 23.8 Å². The van der Waals surface area contributed by atoms with E-state index in [1.165, 1.54) is 4.90 Å². The Morgan fingerprint density at radius 1 is 1.45 bits per heavy atom. The lowest BCUT2D eigenvalue weighted by atomic mass is 9.97. The minimum atomic E-state index is -0.961. The van der Waals surface area contributed by atoms with E-state index in [0.717, 1.165) is 24.8 Å². The van der Waals surface area contributed by atoms with Gasteiger partial charge in [-0.05, 0) is 38.6 Å². The number of nitrogens with two attached hydrogens (primary N) is 1. The Morgan fingerprint density at radius 3 is 2.80 bits per heavy atom. The van der Waals surface area contributed by atoms with E-state index in [1.54, 1.807) is 0 Å². The molecule has 0 aromatic carbocycles. The van der Waals surface area contributed by atoms with Crippen LogP contribution in [0, 0.1) is 10.8 Å². The summed E-state index contributed by atoms with van der Waals surface area (Å²) in [6, 6.07) is -0.745. The van der Waals surface area contributed by atoms with Gasteiger partial charge in [0.25, 0.3) is 0 Å². The summed E-state index contributed by atoms with van der Waals surface area (Å²) in [5, 5.41) is 9.20. The van der Waals surface area contributed by atoms with Gasteiger partial charge in [0.1, 0.15) is 6.04 Å². The van der Waals surface area contributed by atoms with Gasteiger partial charge in [0.2, 0.25) is 5.91 Å². The summed E-state index contributed by atoms with van der Waals surface area (Å²) in [4.78, 5) is 35.4. The van der Waals surface area contributed by atoms with Gasteiger partial charge in [0.05, 0.1) is 0 Å². The summed E-state index contributed by atoms with van der Waals surface area (Å²) in [5.41, 5.74) is 5.45. The molecule has 1 saturated heterocycles. The number of hydrogen-bond donors (Lipinski definition) is 2. The van der Waals surface area contributed by atoms with Crippen molar-refractivity contribution in [2.75, 3.05) is 18.8 Å². The molecule has 1 amide bonds. The maximum Gasteiger partial charge on any atom is 0.326 e. The third kappa shape index (κ3) is 4.75. The van der Waals surface area contributed by atoms with Crippen LogP contribution < -0.4 is 5.73 Å². The smallest absolute Gasteiger partial charge is 0.326 e. The van der Waals surface area contributed by atoms with Crippen LogP contribution in [0.4, 0.5) is 0 Å². The van der Waals surface area contributed by atoms with Crippen LogP contribution >= 0.6 is 11.9 Å². The number of aliphatic carboxylic acids is 1. The van der Waals surface area contributed by atoms with E-state index in [2.05, 4.69) is 4.58 Å². The van der Waals surface area contributed by atoms with E-state index in [4.69, 9.17) is 5.73 Å². The van der Waals surface area contributed by atoms with Gasteiger partial charge >= 0.3 is 5.97 Å². The van der Waals surface area contributed by atoms with Crippen LogP contribution in [0.1, 0.15) is 32.1 Å². The Labute approximate surface area is 122 Å². The van der Waals surface area contributed by atoms with Gasteiger partial charge in [-0.2, -0.15) is 0 Å². The van der Waals surface area contributed by atoms with Crippen molar-refractivity contribution in [3.8, 4) is 0 Å². The predicted molar refractivity (Wildman–Crippen MR) is 77.0 cm³/mol. The molecule has 1 aliphatic rings. The number of carbonyl (C=O) groups excluding carboxylic acids is 1. The monoisotopic (exact) mass is 303 g/mol. The fourth-order valence-corrected chi connectivity index (χ4v) is 3.00. The minimum absolute atomic E-state index is 0.193. The lowest BCUT2D eigenvalue weighted by Crippen LogP contribution is -2.50. The van der Waals surface area contributed by atoms with Crippen LogP contribution in [-0.2, 0) is 9.59 Å². The quantitative estimate of drug-likeness (QED) is 0.515. The zero-order valence-corrected chi connectivity index (χ0v) is 12.2. The standard InChI is InChI=1S/C12H21N3O4S/c13-6-3-4-9(8-20-14-19)11(16)15-7-2-1-5-10(15)12(17)18/h9-10H,1-8,13H2,(H,17,18). The average molecular weight is 303 g/mol. The highest BCUT2D eigenvalue weighted by atomic mass is 32.2. The molecule has 0 aromatic heterocycles. The van der Waals surface area contributed by atoms with Gasteiger partial charge < -0.3 is 15.7 Å². The van der Waals surface area contributed by atoms with E-state index in [-0.39, 0.29) is 17.6 Å². The first-order valence-electron chi connectivity index (χ1n) is 6.79. The van der Waals surface area contributed by atoms with Crippen LogP contribution in [0.15, 0.2) is 4.58 Å². The summed E-state index contributed by atoms with van der Waals surface area (Å²) in [6.07, 6.45) is 3.35. The number of nitrogens with zero attached hydrogens (tertiary/aromatic N) is 2. The molecule has 0 spiro atoms. The Balaban J connectivity index is 2.73. The van der Waals surface area contributed by atoms with Gasteiger partial charge in [-0.15, -0.1) is 4.91 Å². The zero-order valence-electron chi connectivity index (χ0n) is 11.4. The summed E-state index contributed by atoms with van der Waals surface area (Å²) in [5.74, 6) is -1.26. The number of carboxylic acids is 1. The number of hydrogen-bond acceptors (Lipinski definition) is 6. The number of piperidine rings is 1. The molecule has 8 heteroatoms.